The minimum Gasteiger partial charge on any atom is -0.444 e. The Hall–Kier alpha value is -2.44. The SMILES string of the molecule is CC(C)(C)OC(=O)NCC1CCCN(c2nc3ccccc3n2Cc2c(Cl)cccc2Cl)C1. The molecule has 1 unspecified atom stereocenters. The molecule has 0 bridgehead atoms. The van der Waals surface area contributed by atoms with Crippen LogP contribution in [0.4, 0.5) is 10.7 Å². The van der Waals surface area contributed by atoms with Crippen LogP contribution < -0.4 is 10.2 Å². The molecule has 3 aromatic rings. The third-order valence-corrected chi connectivity index (χ3v) is 6.46. The van der Waals surface area contributed by atoms with Crippen LogP contribution in [0.3, 0.4) is 0 Å². The number of rotatable bonds is 5. The van der Waals surface area contributed by atoms with E-state index in [1.54, 1.807) is 0 Å². The zero-order valence-electron chi connectivity index (χ0n) is 19.3. The van der Waals surface area contributed by atoms with Crippen molar-refractivity contribution in [1.82, 2.24) is 14.9 Å². The highest BCUT2D eigenvalue weighted by atomic mass is 35.5. The summed E-state index contributed by atoms with van der Waals surface area (Å²) in [5.74, 6) is 1.21. The lowest BCUT2D eigenvalue weighted by Crippen LogP contribution is -2.43. The Kier molecular flexibility index (Phi) is 7.05. The fraction of sp³-hybridized carbons (Fsp3) is 0.440. The van der Waals surface area contributed by atoms with Crippen molar-refractivity contribution in [3.8, 4) is 0 Å². The van der Waals surface area contributed by atoms with Crippen molar-refractivity contribution in [1.29, 1.82) is 0 Å². The molecule has 4 rings (SSSR count). The highest BCUT2D eigenvalue weighted by Gasteiger charge is 2.26. The van der Waals surface area contributed by atoms with Crippen LogP contribution in [-0.2, 0) is 11.3 Å². The van der Waals surface area contributed by atoms with Crippen molar-refractivity contribution < 1.29 is 9.53 Å². The number of fused-ring (bicyclic) bond motifs is 1. The molecule has 0 radical (unpaired) electrons. The van der Waals surface area contributed by atoms with Gasteiger partial charge in [0, 0.05) is 35.2 Å². The van der Waals surface area contributed by atoms with E-state index in [1.807, 2.05) is 57.2 Å². The van der Waals surface area contributed by atoms with Gasteiger partial charge in [-0.25, -0.2) is 9.78 Å². The number of benzene rings is 2. The number of imidazole rings is 1. The van der Waals surface area contributed by atoms with Gasteiger partial charge in [0.2, 0.25) is 5.95 Å². The number of para-hydroxylation sites is 2. The van der Waals surface area contributed by atoms with Gasteiger partial charge in [-0.2, -0.15) is 0 Å². The van der Waals surface area contributed by atoms with Gasteiger partial charge in [0.15, 0.2) is 0 Å². The largest absolute Gasteiger partial charge is 0.444 e. The van der Waals surface area contributed by atoms with Gasteiger partial charge in [0.1, 0.15) is 5.60 Å². The van der Waals surface area contributed by atoms with Crippen LogP contribution in [0, 0.1) is 5.92 Å². The molecule has 0 aliphatic carbocycles. The molecule has 2 aromatic carbocycles. The summed E-state index contributed by atoms with van der Waals surface area (Å²) in [6.07, 6.45) is 1.69. The van der Waals surface area contributed by atoms with Gasteiger partial charge in [-0.05, 0) is 63.8 Å². The average Bonchev–Trinajstić information content (AvgIpc) is 3.12. The predicted octanol–water partition coefficient (Wildman–Crippen LogP) is 6.13. The molecular weight excluding hydrogens is 459 g/mol. The molecule has 1 amide bonds. The van der Waals surface area contributed by atoms with Gasteiger partial charge in [-0.3, -0.25) is 0 Å². The summed E-state index contributed by atoms with van der Waals surface area (Å²) < 4.78 is 7.57. The van der Waals surface area contributed by atoms with Gasteiger partial charge in [-0.1, -0.05) is 41.4 Å². The van der Waals surface area contributed by atoms with Crippen LogP contribution in [0.1, 0.15) is 39.2 Å². The number of carbonyl (C=O) groups excluding carboxylic acids is 1. The lowest BCUT2D eigenvalue weighted by atomic mass is 9.98. The predicted molar refractivity (Wildman–Crippen MR) is 134 cm³/mol. The molecule has 1 aliphatic rings. The van der Waals surface area contributed by atoms with Crippen LogP contribution in [-0.4, -0.2) is 40.9 Å². The number of carbonyl (C=O) groups is 1. The summed E-state index contributed by atoms with van der Waals surface area (Å²) in [4.78, 5) is 19.4. The van der Waals surface area contributed by atoms with Crippen molar-refractivity contribution in [3.63, 3.8) is 0 Å². The third kappa shape index (κ3) is 5.74. The molecule has 1 fully saturated rings. The number of ether oxygens (including phenoxy) is 1. The normalized spacial score (nSPS) is 16.8. The quantitative estimate of drug-likeness (QED) is 0.468. The average molecular weight is 489 g/mol. The number of amides is 1. The number of aromatic nitrogens is 2. The molecule has 176 valence electrons. The number of piperidine rings is 1. The maximum Gasteiger partial charge on any atom is 0.407 e. The molecule has 1 saturated heterocycles. The Balaban J connectivity index is 1.56. The fourth-order valence-corrected chi connectivity index (χ4v) is 4.77. The van der Waals surface area contributed by atoms with Crippen LogP contribution >= 0.6 is 23.2 Å². The second kappa shape index (κ2) is 9.82. The lowest BCUT2D eigenvalue weighted by molar-refractivity contribution is 0.0517. The van der Waals surface area contributed by atoms with Crippen LogP contribution in [0.5, 0.6) is 0 Å². The molecule has 33 heavy (non-hydrogen) atoms. The molecule has 2 heterocycles. The first kappa shape index (κ1) is 23.7. The van der Waals surface area contributed by atoms with Gasteiger partial charge in [0.05, 0.1) is 17.6 Å². The van der Waals surface area contributed by atoms with Crippen LogP contribution in [0.2, 0.25) is 10.0 Å². The maximum absolute atomic E-state index is 12.1. The second-order valence-corrected chi connectivity index (χ2v) is 10.3. The summed E-state index contributed by atoms with van der Waals surface area (Å²) in [6, 6.07) is 13.7. The fourth-order valence-electron chi connectivity index (χ4n) is 4.26. The number of alkyl carbamates (subject to hydrolysis) is 1. The summed E-state index contributed by atoms with van der Waals surface area (Å²) in [5, 5.41) is 4.21. The number of hydrogen-bond acceptors (Lipinski definition) is 4. The Labute approximate surface area is 204 Å². The monoisotopic (exact) mass is 488 g/mol. The minimum atomic E-state index is -0.506. The first-order valence-electron chi connectivity index (χ1n) is 11.3. The highest BCUT2D eigenvalue weighted by Crippen LogP contribution is 2.31. The Bertz CT molecular complexity index is 1120. The van der Waals surface area contributed by atoms with Crippen molar-refractivity contribution in [3.05, 3.63) is 58.1 Å². The van der Waals surface area contributed by atoms with Crippen molar-refractivity contribution in [2.24, 2.45) is 5.92 Å². The first-order valence-corrected chi connectivity index (χ1v) is 12.1. The second-order valence-electron chi connectivity index (χ2n) is 9.52. The van der Waals surface area contributed by atoms with Crippen molar-refractivity contribution in [2.75, 3.05) is 24.5 Å². The van der Waals surface area contributed by atoms with Crippen LogP contribution in [0.25, 0.3) is 11.0 Å². The highest BCUT2D eigenvalue weighted by molar-refractivity contribution is 6.36. The van der Waals surface area contributed by atoms with E-state index in [9.17, 15) is 4.79 Å². The van der Waals surface area contributed by atoms with E-state index >= 15 is 0 Å². The molecule has 1 N–H and O–H groups in total. The Morgan fingerprint density at radius 3 is 2.61 bits per heavy atom. The third-order valence-electron chi connectivity index (χ3n) is 5.75. The first-order chi connectivity index (χ1) is 15.7. The van der Waals surface area contributed by atoms with Gasteiger partial charge in [-0.15, -0.1) is 0 Å². The molecule has 6 nitrogen and oxygen atoms in total. The van der Waals surface area contributed by atoms with E-state index in [0.29, 0.717) is 29.1 Å². The van der Waals surface area contributed by atoms with E-state index in [4.69, 9.17) is 32.9 Å². The molecular formula is C25H30Cl2N4O2. The van der Waals surface area contributed by atoms with E-state index in [-0.39, 0.29) is 6.09 Å². The molecule has 8 heteroatoms. The number of anilines is 1. The summed E-state index contributed by atoms with van der Waals surface area (Å²) in [7, 11) is 0. The summed E-state index contributed by atoms with van der Waals surface area (Å²) in [5.41, 5.74) is 2.35. The Morgan fingerprint density at radius 2 is 1.88 bits per heavy atom. The van der Waals surface area contributed by atoms with E-state index in [0.717, 1.165) is 48.5 Å². The minimum absolute atomic E-state index is 0.309. The lowest BCUT2D eigenvalue weighted by Gasteiger charge is -2.34. The topological polar surface area (TPSA) is 59.4 Å². The summed E-state index contributed by atoms with van der Waals surface area (Å²) >= 11 is 13.0. The zero-order chi connectivity index (χ0) is 23.6. The number of halogens is 2. The molecule has 0 spiro atoms. The smallest absolute Gasteiger partial charge is 0.407 e. The number of nitrogens with one attached hydrogen (secondary N) is 1. The standard InChI is InChI=1S/C25H30Cl2N4O2/c1-25(2,3)33-24(32)28-14-17-8-7-13-30(15-17)23-29-21-11-4-5-12-22(21)31(23)16-18-19(26)9-6-10-20(18)27/h4-6,9-12,17H,7-8,13-16H2,1-3H3,(H,28,32). The Morgan fingerprint density at radius 1 is 1.15 bits per heavy atom. The maximum atomic E-state index is 12.1. The van der Waals surface area contributed by atoms with Gasteiger partial charge in [0.25, 0.3) is 0 Å². The zero-order valence-corrected chi connectivity index (χ0v) is 20.8. The summed E-state index contributed by atoms with van der Waals surface area (Å²) in [6.45, 7) is 8.41. The molecule has 1 aromatic heterocycles. The van der Waals surface area contributed by atoms with Crippen molar-refractivity contribution in [2.45, 2.75) is 45.8 Å². The van der Waals surface area contributed by atoms with E-state index in [1.165, 1.54) is 0 Å². The molecule has 0 saturated carbocycles. The number of nitrogens with zero attached hydrogens (tertiary/aromatic N) is 3. The van der Waals surface area contributed by atoms with Crippen LogP contribution in [0.15, 0.2) is 42.5 Å². The van der Waals surface area contributed by atoms with Gasteiger partial charge < -0.3 is 19.5 Å². The van der Waals surface area contributed by atoms with E-state index < -0.39 is 5.60 Å². The van der Waals surface area contributed by atoms with Crippen molar-refractivity contribution >= 4 is 46.3 Å². The number of hydrogen-bond donors (Lipinski definition) is 1. The molecule has 1 aliphatic heterocycles. The molecule has 1 atom stereocenters. The van der Waals surface area contributed by atoms with Gasteiger partial charge >= 0.3 is 6.09 Å². The van der Waals surface area contributed by atoms with E-state index in [2.05, 4.69) is 20.9 Å².